The molecule has 3 heterocycles. The lowest BCUT2D eigenvalue weighted by Gasteiger charge is -2.23. The highest BCUT2D eigenvalue weighted by molar-refractivity contribution is 5.80. The van der Waals surface area contributed by atoms with Gasteiger partial charge in [-0.3, -0.25) is 9.59 Å². The molecule has 1 aliphatic heterocycles. The zero-order valence-electron chi connectivity index (χ0n) is 15.1. The molecule has 7 heteroatoms. The van der Waals surface area contributed by atoms with Crippen molar-refractivity contribution in [2.45, 2.75) is 45.1 Å². The number of carbonyl (C=O) groups excluding carboxylic acids is 2. The summed E-state index contributed by atoms with van der Waals surface area (Å²) < 4.78 is 1.89. The number of aromatic nitrogens is 3. The van der Waals surface area contributed by atoms with Crippen LogP contribution in [-0.4, -0.2) is 51.1 Å². The van der Waals surface area contributed by atoms with Crippen molar-refractivity contribution in [3.05, 3.63) is 24.0 Å². The number of hydrogen-bond donors (Lipinski definition) is 1. The zero-order chi connectivity index (χ0) is 18.1. The fourth-order valence-corrected chi connectivity index (χ4v) is 3.86. The van der Waals surface area contributed by atoms with Gasteiger partial charge in [-0.15, -0.1) is 0 Å². The second-order valence-corrected chi connectivity index (χ2v) is 7.35. The maximum absolute atomic E-state index is 12.0. The Balaban J connectivity index is 1.49. The van der Waals surface area contributed by atoms with Crippen molar-refractivity contribution in [2.75, 3.05) is 19.6 Å². The molecule has 0 unspecified atom stereocenters. The molecule has 0 radical (unpaired) electrons. The fraction of sp³-hybridized carbons (Fsp3) is 0.579. The molecular weight excluding hydrogens is 330 g/mol. The Morgan fingerprint density at radius 2 is 2.15 bits per heavy atom. The van der Waals surface area contributed by atoms with E-state index in [9.17, 15) is 9.59 Å². The van der Waals surface area contributed by atoms with Crippen molar-refractivity contribution in [1.82, 2.24) is 25.0 Å². The van der Waals surface area contributed by atoms with Crippen LogP contribution in [0.5, 0.6) is 0 Å². The number of likely N-dealkylation sites (tertiary alicyclic amines) is 1. The first-order valence-electron chi connectivity index (χ1n) is 9.48. The third-order valence-electron chi connectivity index (χ3n) is 5.65. The average molecular weight is 355 g/mol. The first-order chi connectivity index (χ1) is 12.6. The topological polar surface area (TPSA) is 80.1 Å². The van der Waals surface area contributed by atoms with Gasteiger partial charge in [0.2, 0.25) is 11.8 Å². The molecule has 1 saturated carbocycles. The van der Waals surface area contributed by atoms with Gasteiger partial charge in [0.25, 0.3) is 0 Å². The summed E-state index contributed by atoms with van der Waals surface area (Å²) in [5.74, 6) is 0.729. The molecule has 2 aromatic heterocycles. The van der Waals surface area contributed by atoms with E-state index in [4.69, 9.17) is 5.10 Å². The standard InChI is InChI=1S/C19H25N5O2/c1-13(25)23-10-7-15(12-23)17-16-6-3-8-20-18(16)24(22-17)11-9-21-19(26)14-4-2-5-14/h3,6,8,14-15H,2,4-5,7,9-12H2,1H3,(H,21,26)/t15-/m0/s1. The van der Waals surface area contributed by atoms with Crippen LogP contribution >= 0.6 is 0 Å². The number of fused-ring (bicyclic) bond motifs is 1. The minimum Gasteiger partial charge on any atom is -0.354 e. The Labute approximate surface area is 152 Å². The van der Waals surface area contributed by atoms with Gasteiger partial charge in [0.1, 0.15) is 0 Å². The molecule has 0 bridgehead atoms. The summed E-state index contributed by atoms with van der Waals surface area (Å²) >= 11 is 0. The Bertz CT molecular complexity index is 826. The number of rotatable bonds is 5. The number of pyridine rings is 1. The van der Waals surface area contributed by atoms with E-state index in [1.54, 1.807) is 13.1 Å². The van der Waals surface area contributed by atoms with Crippen LogP contribution in [0.1, 0.15) is 44.2 Å². The third-order valence-corrected chi connectivity index (χ3v) is 5.65. The maximum Gasteiger partial charge on any atom is 0.223 e. The molecule has 138 valence electrons. The Morgan fingerprint density at radius 1 is 1.31 bits per heavy atom. The van der Waals surface area contributed by atoms with Crippen molar-refractivity contribution < 1.29 is 9.59 Å². The van der Waals surface area contributed by atoms with E-state index in [2.05, 4.69) is 10.3 Å². The van der Waals surface area contributed by atoms with E-state index < -0.39 is 0 Å². The summed E-state index contributed by atoms with van der Waals surface area (Å²) in [7, 11) is 0. The summed E-state index contributed by atoms with van der Waals surface area (Å²) in [5.41, 5.74) is 1.86. The van der Waals surface area contributed by atoms with Crippen LogP contribution in [0.25, 0.3) is 11.0 Å². The lowest BCUT2D eigenvalue weighted by Crippen LogP contribution is -2.36. The quantitative estimate of drug-likeness (QED) is 0.885. The molecule has 1 saturated heterocycles. The van der Waals surface area contributed by atoms with Crippen LogP contribution in [0.4, 0.5) is 0 Å². The molecule has 1 aliphatic carbocycles. The minimum atomic E-state index is 0.119. The first kappa shape index (κ1) is 17.0. The molecule has 2 aliphatic rings. The number of nitrogens with zero attached hydrogens (tertiary/aromatic N) is 4. The van der Waals surface area contributed by atoms with Crippen molar-refractivity contribution in [3.63, 3.8) is 0 Å². The maximum atomic E-state index is 12.0. The van der Waals surface area contributed by atoms with Gasteiger partial charge in [-0.25, -0.2) is 9.67 Å². The molecule has 26 heavy (non-hydrogen) atoms. The van der Waals surface area contributed by atoms with E-state index >= 15 is 0 Å². The SMILES string of the molecule is CC(=O)N1CC[C@H](c2nn(CCNC(=O)C3CCC3)c3ncccc23)C1. The molecule has 7 nitrogen and oxygen atoms in total. The van der Waals surface area contributed by atoms with Gasteiger partial charge in [-0.05, 0) is 31.4 Å². The van der Waals surface area contributed by atoms with Crippen LogP contribution in [0, 0.1) is 5.92 Å². The highest BCUT2D eigenvalue weighted by Gasteiger charge is 2.29. The molecule has 1 atom stereocenters. The van der Waals surface area contributed by atoms with Crippen LogP contribution in [0.15, 0.2) is 18.3 Å². The fourth-order valence-electron chi connectivity index (χ4n) is 3.86. The Morgan fingerprint density at radius 3 is 2.85 bits per heavy atom. The second-order valence-electron chi connectivity index (χ2n) is 7.35. The molecule has 2 amide bonds. The van der Waals surface area contributed by atoms with E-state index in [0.717, 1.165) is 55.5 Å². The summed E-state index contributed by atoms with van der Waals surface area (Å²) in [6.45, 7) is 4.29. The lowest BCUT2D eigenvalue weighted by molar-refractivity contribution is -0.128. The minimum absolute atomic E-state index is 0.119. The third kappa shape index (κ3) is 3.18. The molecule has 2 aromatic rings. The monoisotopic (exact) mass is 355 g/mol. The summed E-state index contributed by atoms with van der Waals surface area (Å²) in [6, 6.07) is 3.97. The summed E-state index contributed by atoms with van der Waals surface area (Å²) in [6.07, 6.45) is 5.88. The smallest absolute Gasteiger partial charge is 0.223 e. The van der Waals surface area contributed by atoms with E-state index in [0.29, 0.717) is 13.1 Å². The Kier molecular flexibility index (Phi) is 4.61. The summed E-state index contributed by atoms with van der Waals surface area (Å²) in [4.78, 5) is 30.0. The molecule has 0 aromatic carbocycles. The van der Waals surface area contributed by atoms with Crippen molar-refractivity contribution >= 4 is 22.8 Å². The van der Waals surface area contributed by atoms with Crippen LogP contribution in [0.2, 0.25) is 0 Å². The van der Waals surface area contributed by atoms with Crippen molar-refractivity contribution in [3.8, 4) is 0 Å². The van der Waals surface area contributed by atoms with Crippen LogP contribution in [-0.2, 0) is 16.1 Å². The molecule has 4 rings (SSSR count). The largest absolute Gasteiger partial charge is 0.354 e. The molecule has 2 fully saturated rings. The predicted octanol–water partition coefficient (Wildman–Crippen LogP) is 1.68. The molecule has 1 N–H and O–H groups in total. The van der Waals surface area contributed by atoms with Gasteiger partial charge < -0.3 is 10.2 Å². The molecule has 0 spiro atoms. The number of amides is 2. The first-order valence-corrected chi connectivity index (χ1v) is 9.48. The summed E-state index contributed by atoms with van der Waals surface area (Å²) in [5, 5.41) is 8.87. The van der Waals surface area contributed by atoms with E-state index in [1.807, 2.05) is 21.7 Å². The number of hydrogen-bond acceptors (Lipinski definition) is 4. The lowest BCUT2D eigenvalue weighted by atomic mass is 9.85. The molecular formula is C19H25N5O2. The van der Waals surface area contributed by atoms with Gasteiger partial charge in [0.05, 0.1) is 12.2 Å². The van der Waals surface area contributed by atoms with Gasteiger partial charge >= 0.3 is 0 Å². The zero-order valence-corrected chi connectivity index (χ0v) is 15.1. The average Bonchev–Trinajstić information content (AvgIpc) is 3.18. The van der Waals surface area contributed by atoms with Gasteiger partial charge in [0.15, 0.2) is 5.65 Å². The highest BCUT2D eigenvalue weighted by atomic mass is 16.2. The van der Waals surface area contributed by atoms with Gasteiger partial charge in [-0.2, -0.15) is 5.10 Å². The van der Waals surface area contributed by atoms with E-state index in [-0.39, 0.29) is 23.7 Å². The van der Waals surface area contributed by atoms with E-state index in [1.165, 1.54) is 0 Å². The van der Waals surface area contributed by atoms with Crippen molar-refractivity contribution in [1.29, 1.82) is 0 Å². The van der Waals surface area contributed by atoms with Gasteiger partial charge in [0, 0.05) is 50.0 Å². The number of nitrogens with one attached hydrogen (secondary N) is 1. The van der Waals surface area contributed by atoms with Crippen LogP contribution < -0.4 is 5.32 Å². The Hall–Kier alpha value is -2.44. The normalized spacial score (nSPS) is 20.3. The number of carbonyl (C=O) groups is 2. The van der Waals surface area contributed by atoms with Crippen LogP contribution in [0.3, 0.4) is 0 Å². The predicted molar refractivity (Wildman–Crippen MR) is 97.5 cm³/mol. The van der Waals surface area contributed by atoms with Crippen molar-refractivity contribution in [2.24, 2.45) is 5.92 Å². The second kappa shape index (κ2) is 7.05. The van der Waals surface area contributed by atoms with Gasteiger partial charge in [-0.1, -0.05) is 6.42 Å². The highest BCUT2D eigenvalue weighted by Crippen LogP contribution is 2.31.